The van der Waals surface area contributed by atoms with E-state index in [1.54, 1.807) is 12.1 Å². The number of carbonyl (C=O) groups excluding carboxylic acids is 1. The van der Waals surface area contributed by atoms with Crippen molar-refractivity contribution in [2.75, 3.05) is 0 Å². The van der Waals surface area contributed by atoms with Crippen LogP contribution in [0.2, 0.25) is 0 Å². The van der Waals surface area contributed by atoms with Gasteiger partial charge in [-0.2, -0.15) is 0 Å². The second kappa shape index (κ2) is 5.09. The summed E-state index contributed by atoms with van der Waals surface area (Å²) in [5, 5.41) is 0. The van der Waals surface area contributed by atoms with Gasteiger partial charge in [-0.15, -0.1) is 0 Å². The molecule has 88 valence electrons. The molecule has 16 heavy (non-hydrogen) atoms. The van der Waals surface area contributed by atoms with E-state index in [4.69, 9.17) is 0 Å². The van der Waals surface area contributed by atoms with E-state index in [0.717, 1.165) is 12.0 Å². The van der Waals surface area contributed by atoms with Crippen LogP contribution in [0.15, 0.2) is 22.7 Å². The van der Waals surface area contributed by atoms with Gasteiger partial charge in [-0.1, -0.05) is 26.8 Å². The van der Waals surface area contributed by atoms with Gasteiger partial charge in [-0.05, 0) is 40.0 Å². The SMILES string of the molecule is CCC(C)(C)C(=O)Cc1ccc(F)c(Br)c1. The number of halogens is 2. The van der Waals surface area contributed by atoms with Crippen molar-refractivity contribution in [3.63, 3.8) is 0 Å². The van der Waals surface area contributed by atoms with Gasteiger partial charge in [0.05, 0.1) is 4.47 Å². The van der Waals surface area contributed by atoms with E-state index in [2.05, 4.69) is 15.9 Å². The van der Waals surface area contributed by atoms with Crippen LogP contribution in [-0.2, 0) is 11.2 Å². The summed E-state index contributed by atoms with van der Waals surface area (Å²) < 4.78 is 13.4. The Bertz CT molecular complexity index is 399. The van der Waals surface area contributed by atoms with Crippen molar-refractivity contribution in [3.05, 3.63) is 34.1 Å². The van der Waals surface area contributed by atoms with Gasteiger partial charge in [0.2, 0.25) is 0 Å². The molecule has 0 N–H and O–H groups in total. The molecule has 0 saturated heterocycles. The first-order valence-electron chi connectivity index (χ1n) is 5.34. The van der Waals surface area contributed by atoms with Crippen molar-refractivity contribution < 1.29 is 9.18 Å². The molecule has 0 aliphatic heterocycles. The molecule has 0 aliphatic carbocycles. The van der Waals surface area contributed by atoms with Gasteiger partial charge in [0.1, 0.15) is 11.6 Å². The average Bonchev–Trinajstić information content (AvgIpc) is 2.23. The summed E-state index contributed by atoms with van der Waals surface area (Å²) in [5.41, 5.74) is 0.542. The fraction of sp³-hybridized carbons (Fsp3) is 0.462. The summed E-state index contributed by atoms with van der Waals surface area (Å²) in [4.78, 5) is 12.0. The molecule has 1 aromatic rings. The van der Waals surface area contributed by atoms with E-state index in [-0.39, 0.29) is 17.0 Å². The molecular formula is C13H16BrFO. The van der Waals surface area contributed by atoms with Gasteiger partial charge in [0, 0.05) is 11.8 Å². The summed E-state index contributed by atoms with van der Waals surface area (Å²) in [6.07, 6.45) is 1.17. The van der Waals surface area contributed by atoms with E-state index >= 15 is 0 Å². The number of benzene rings is 1. The quantitative estimate of drug-likeness (QED) is 0.813. The molecule has 0 radical (unpaired) electrons. The number of Topliss-reactive ketones (excluding diaryl/α,β-unsaturated/α-hetero) is 1. The third kappa shape index (κ3) is 3.14. The van der Waals surface area contributed by atoms with Gasteiger partial charge in [0.25, 0.3) is 0 Å². The van der Waals surface area contributed by atoms with Crippen molar-refractivity contribution in [1.29, 1.82) is 0 Å². The number of carbonyl (C=O) groups is 1. The number of hydrogen-bond donors (Lipinski definition) is 0. The minimum Gasteiger partial charge on any atom is -0.299 e. The van der Waals surface area contributed by atoms with E-state index in [0.29, 0.717) is 10.9 Å². The highest BCUT2D eigenvalue weighted by Crippen LogP contribution is 2.24. The van der Waals surface area contributed by atoms with Gasteiger partial charge in [0.15, 0.2) is 0 Å². The van der Waals surface area contributed by atoms with Crippen LogP contribution in [0.4, 0.5) is 4.39 Å². The van der Waals surface area contributed by atoms with Crippen LogP contribution in [0.3, 0.4) is 0 Å². The van der Waals surface area contributed by atoms with E-state index in [1.165, 1.54) is 6.07 Å². The second-order valence-corrected chi connectivity index (χ2v) is 5.44. The maximum absolute atomic E-state index is 13.0. The Balaban J connectivity index is 2.82. The Morgan fingerprint density at radius 3 is 2.56 bits per heavy atom. The monoisotopic (exact) mass is 286 g/mol. The standard InChI is InChI=1S/C13H16BrFO/c1-4-13(2,3)12(16)8-9-5-6-11(15)10(14)7-9/h5-7H,4,8H2,1-3H3. The van der Waals surface area contributed by atoms with Crippen molar-refractivity contribution in [2.45, 2.75) is 33.6 Å². The van der Waals surface area contributed by atoms with E-state index < -0.39 is 0 Å². The molecule has 0 fully saturated rings. The van der Waals surface area contributed by atoms with Crippen LogP contribution in [0, 0.1) is 11.2 Å². The molecule has 0 heterocycles. The molecule has 0 spiro atoms. The molecule has 0 atom stereocenters. The summed E-state index contributed by atoms with van der Waals surface area (Å²) >= 11 is 3.12. The zero-order chi connectivity index (χ0) is 12.3. The van der Waals surface area contributed by atoms with Crippen LogP contribution in [-0.4, -0.2) is 5.78 Å². The highest BCUT2D eigenvalue weighted by Gasteiger charge is 2.24. The molecule has 0 aliphatic rings. The van der Waals surface area contributed by atoms with Crippen LogP contribution in [0.1, 0.15) is 32.8 Å². The Morgan fingerprint density at radius 2 is 2.06 bits per heavy atom. The topological polar surface area (TPSA) is 17.1 Å². The van der Waals surface area contributed by atoms with Gasteiger partial charge in [-0.25, -0.2) is 4.39 Å². The Labute approximate surface area is 104 Å². The van der Waals surface area contributed by atoms with E-state index in [9.17, 15) is 9.18 Å². The fourth-order valence-corrected chi connectivity index (χ4v) is 1.70. The first-order valence-corrected chi connectivity index (χ1v) is 6.13. The Morgan fingerprint density at radius 1 is 1.44 bits per heavy atom. The predicted molar refractivity (Wildman–Crippen MR) is 66.9 cm³/mol. The first-order chi connectivity index (χ1) is 7.36. The third-order valence-corrected chi connectivity index (χ3v) is 3.60. The van der Waals surface area contributed by atoms with Crippen LogP contribution >= 0.6 is 15.9 Å². The number of rotatable bonds is 4. The zero-order valence-electron chi connectivity index (χ0n) is 9.81. The molecule has 0 bridgehead atoms. The first kappa shape index (κ1) is 13.4. The van der Waals surface area contributed by atoms with Crippen molar-refractivity contribution >= 4 is 21.7 Å². The Kier molecular flexibility index (Phi) is 4.25. The maximum atomic E-state index is 13.0. The van der Waals surface area contributed by atoms with Crippen molar-refractivity contribution in [3.8, 4) is 0 Å². The normalized spacial score (nSPS) is 11.6. The molecule has 1 rings (SSSR count). The fourth-order valence-electron chi connectivity index (χ4n) is 1.27. The highest BCUT2D eigenvalue weighted by molar-refractivity contribution is 9.10. The lowest BCUT2D eigenvalue weighted by molar-refractivity contribution is -0.126. The summed E-state index contributed by atoms with van der Waals surface area (Å²) in [5.74, 6) is -0.112. The molecule has 0 unspecified atom stereocenters. The van der Waals surface area contributed by atoms with Gasteiger partial charge in [-0.3, -0.25) is 4.79 Å². The lowest BCUT2D eigenvalue weighted by atomic mass is 9.82. The molecule has 0 amide bonds. The van der Waals surface area contributed by atoms with Crippen molar-refractivity contribution in [1.82, 2.24) is 0 Å². The summed E-state index contributed by atoms with van der Waals surface area (Å²) in [6.45, 7) is 5.88. The van der Waals surface area contributed by atoms with Gasteiger partial charge >= 0.3 is 0 Å². The second-order valence-electron chi connectivity index (χ2n) is 4.59. The molecule has 1 nitrogen and oxygen atoms in total. The largest absolute Gasteiger partial charge is 0.299 e. The maximum Gasteiger partial charge on any atom is 0.142 e. The Hall–Kier alpha value is -0.700. The molecular weight excluding hydrogens is 271 g/mol. The van der Waals surface area contributed by atoms with Crippen LogP contribution in [0.5, 0.6) is 0 Å². The zero-order valence-corrected chi connectivity index (χ0v) is 11.4. The molecule has 1 aromatic carbocycles. The highest BCUT2D eigenvalue weighted by atomic mass is 79.9. The summed E-state index contributed by atoms with van der Waals surface area (Å²) in [7, 11) is 0. The number of ketones is 1. The predicted octanol–water partition coefficient (Wildman–Crippen LogP) is 4.14. The molecule has 0 saturated carbocycles. The van der Waals surface area contributed by atoms with Crippen LogP contribution in [0.25, 0.3) is 0 Å². The van der Waals surface area contributed by atoms with Crippen molar-refractivity contribution in [2.24, 2.45) is 5.41 Å². The molecule has 0 aromatic heterocycles. The minimum atomic E-state index is -0.305. The minimum absolute atomic E-state index is 0.188. The van der Waals surface area contributed by atoms with E-state index in [1.807, 2.05) is 20.8 Å². The molecule has 3 heteroatoms. The number of hydrogen-bond acceptors (Lipinski definition) is 1. The lowest BCUT2D eigenvalue weighted by Gasteiger charge is -2.20. The smallest absolute Gasteiger partial charge is 0.142 e. The summed E-state index contributed by atoms with van der Waals surface area (Å²) in [6, 6.07) is 4.70. The lowest BCUT2D eigenvalue weighted by Crippen LogP contribution is -2.25. The van der Waals surface area contributed by atoms with Crippen LogP contribution < -0.4 is 0 Å². The third-order valence-electron chi connectivity index (χ3n) is 2.99. The van der Waals surface area contributed by atoms with Gasteiger partial charge < -0.3 is 0 Å². The average molecular weight is 287 g/mol.